The van der Waals surface area contributed by atoms with Crippen molar-refractivity contribution >= 4 is 17.8 Å². The minimum Gasteiger partial charge on any atom is -0.846 e. The first-order valence-electron chi connectivity index (χ1n) is 6.73. The fraction of sp³-hybridized carbons (Fsp3) is 0.769. The van der Waals surface area contributed by atoms with E-state index in [9.17, 15) is 14.7 Å². The number of nitrogens with one attached hydrogen (secondary N) is 1. The van der Waals surface area contributed by atoms with E-state index in [-0.39, 0.29) is 48.7 Å². The Hall–Kier alpha value is -0.470. The zero-order valence-electron chi connectivity index (χ0n) is 13.2. The van der Waals surface area contributed by atoms with Gasteiger partial charge < -0.3 is 20.6 Å². The molecular formula is C13H23N2NaO5. The van der Waals surface area contributed by atoms with Crippen molar-refractivity contribution in [1.82, 2.24) is 5.32 Å². The number of carbonyl (C=O) groups is 2. The summed E-state index contributed by atoms with van der Waals surface area (Å²) in [6.45, 7) is 5.37. The van der Waals surface area contributed by atoms with Crippen LogP contribution in [0.5, 0.6) is 0 Å². The third-order valence-electron chi connectivity index (χ3n) is 3.43. The molecule has 0 saturated carbocycles. The van der Waals surface area contributed by atoms with Gasteiger partial charge in [-0.3, -0.25) is 9.59 Å². The van der Waals surface area contributed by atoms with Crippen LogP contribution < -0.4 is 40.0 Å². The van der Waals surface area contributed by atoms with Crippen LogP contribution in [0.1, 0.15) is 40.0 Å². The smallest absolute Gasteiger partial charge is 0.846 e. The van der Waals surface area contributed by atoms with Gasteiger partial charge >= 0.3 is 29.6 Å². The molecule has 2 atom stereocenters. The molecule has 0 saturated heterocycles. The molecule has 7 nitrogen and oxygen atoms in total. The number of aliphatic hydroxyl groups is 2. The second-order valence-electron chi connectivity index (χ2n) is 4.64. The Morgan fingerprint density at radius 3 is 2.14 bits per heavy atom. The van der Waals surface area contributed by atoms with Crippen LogP contribution in [0.3, 0.4) is 0 Å². The summed E-state index contributed by atoms with van der Waals surface area (Å²) in [6.07, 6.45) is 2.02. The summed E-state index contributed by atoms with van der Waals surface area (Å²) < 4.78 is 0. The Balaban J connectivity index is 0. The molecule has 21 heavy (non-hydrogen) atoms. The zero-order chi connectivity index (χ0) is 15.8. The largest absolute Gasteiger partial charge is 1.00 e. The zero-order valence-corrected chi connectivity index (χ0v) is 15.2. The average molecular weight is 310 g/mol. The van der Waals surface area contributed by atoms with Crippen LogP contribution in [0.15, 0.2) is 4.99 Å². The Kier molecular flexibility index (Phi) is 12.1. The van der Waals surface area contributed by atoms with E-state index in [1.165, 1.54) is 0 Å². The molecule has 3 N–H and O–H groups in total. The van der Waals surface area contributed by atoms with Gasteiger partial charge in [0.25, 0.3) is 5.91 Å². The van der Waals surface area contributed by atoms with Crippen LogP contribution >= 0.6 is 0 Å². The fourth-order valence-corrected chi connectivity index (χ4v) is 2.30. The second-order valence-corrected chi connectivity index (χ2v) is 4.64. The molecule has 1 aliphatic rings. The third kappa shape index (κ3) is 5.67. The van der Waals surface area contributed by atoms with Gasteiger partial charge in [-0.15, -0.1) is 0 Å². The summed E-state index contributed by atoms with van der Waals surface area (Å²) in [5, 5.41) is 28.3. The van der Waals surface area contributed by atoms with E-state index in [0.717, 1.165) is 12.8 Å². The summed E-state index contributed by atoms with van der Waals surface area (Å²) in [4.78, 5) is 27.1. The van der Waals surface area contributed by atoms with Gasteiger partial charge in [-0.25, -0.2) is 4.99 Å². The Bertz CT molecular complexity index is 374. The molecule has 1 aliphatic heterocycles. The van der Waals surface area contributed by atoms with Crippen molar-refractivity contribution in [1.29, 1.82) is 0 Å². The number of hydrogen-bond donors (Lipinski definition) is 3. The number of nitrogens with zero attached hydrogens (tertiary/aromatic N) is 1. The van der Waals surface area contributed by atoms with Gasteiger partial charge in [0.2, 0.25) is 5.91 Å². The standard InChI is InChI=1S/C11H18N2O3.C2H6O2.Na/c1-4-6-7(3)11(5-2)8(14)12-10(16)13-9(11)15;3-1-2-4;/h7H,4-6H2,1-3H3,(H2,12,13,14,15,16);3-4H,1-2H2;/q;;+1/p-1. The average Bonchev–Trinajstić information content (AvgIpc) is 2.39. The molecule has 2 unspecified atom stereocenters. The van der Waals surface area contributed by atoms with Crippen LogP contribution in [-0.2, 0) is 9.59 Å². The summed E-state index contributed by atoms with van der Waals surface area (Å²) in [5.41, 5.74) is -1.15. The van der Waals surface area contributed by atoms with E-state index in [4.69, 9.17) is 10.2 Å². The van der Waals surface area contributed by atoms with Gasteiger partial charge in [-0.05, 0) is 18.8 Å². The Morgan fingerprint density at radius 1 is 1.29 bits per heavy atom. The number of amidine groups is 1. The molecule has 116 valence electrons. The molecule has 0 aromatic carbocycles. The van der Waals surface area contributed by atoms with Crippen LogP contribution in [0.25, 0.3) is 0 Å². The van der Waals surface area contributed by atoms with Crippen molar-refractivity contribution in [2.24, 2.45) is 16.3 Å². The number of rotatable bonds is 5. The molecule has 0 aromatic heterocycles. The van der Waals surface area contributed by atoms with E-state index in [0.29, 0.717) is 6.42 Å². The summed E-state index contributed by atoms with van der Waals surface area (Å²) in [6, 6.07) is -0.845. The second kappa shape index (κ2) is 11.1. The van der Waals surface area contributed by atoms with Crippen LogP contribution in [-0.4, -0.2) is 41.3 Å². The topological polar surface area (TPSA) is 122 Å². The van der Waals surface area contributed by atoms with Gasteiger partial charge in [0, 0.05) is 0 Å². The fourth-order valence-electron chi connectivity index (χ4n) is 2.30. The predicted octanol–water partition coefficient (Wildman–Crippen LogP) is -3.83. The van der Waals surface area contributed by atoms with Crippen LogP contribution in [0, 0.1) is 11.3 Å². The van der Waals surface area contributed by atoms with Gasteiger partial charge in [-0.1, -0.05) is 27.2 Å². The van der Waals surface area contributed by atoms with E-state index in [2.05, 4.69) is 10.3 Å². The van der Waals surface area contributed by atoms with Crippen LogP contribution in [0.2, 0.25) is 0 Å². The third-order valence-corrected chi connectivity index (χ3v) is 3.43. The molecule has 0 radical (unpaired) electrons. The first kappa shape index (κ1) is 22.8. The quantitative estimate of drug-likeness (QED) is 0.355. The molecule has 0 fully saturated rings. The minimum absolute atomic E-state index is 0. The van der Waals surface area contributed by atoms with Gasteiger partial charge in [0.05, 0.1) is 19.2 Å². The number of carbonyl (C=O) groups excluding carboxylic acids is 2. The summed E-state index contributed by atoms with van der Waals surface area (Å²) in [7, 11) is 0. The summed E-state index contributed by atoms with van der Waals surface area (Å²) >= 11 is 0. The molecule has 0 spiro atoms. The van der Waals surface area contributed by atoms with Crippen molar-refractivity contribution in [3.63, 3.8) is 0 Å². The van der Waals surface area contributed by atoms with E-state index in [1.807, 2.05) is 13.8 Å². The van der Waals surface area contributed by atoms with Crippen molar-refractivity contribution in [2.45, 2.75) is 40.0 Å². The maximum Gasteiger partial charge on any atom is 1.00 e. The predicted molar refractivity (Wildman–Crippen MR) is 71.6 cm³/mol. The Labute approximate surface area is 147 Å². The van der Waals surface area contributed by atoms with Gasteiger partial charge in [0.15, 0.2) is 0 Å². The molecule has 0 aromatic rings. The molecule has 1 rings (SSSR count). The SMILES string of the molecule is CCCC(C)C1(CC)C(=O)N=C([O-])NC1=O.OCCO.[Na+]. The molecule has 0 aliphatic carbocycles. The van der Waals surface area contributed by atoms with Gasteiger partial charge in [0.1, 0.15) is 5.41 Å². The minimum atomic E-state index is -1.15. The first-order chi connectivity index (χ1) is 9.40. The maximum absolute atomic E-state index is 11.9. The number of amides is 2. The van der Waals surface area contributed by atoms with Crippen molar-refractivity contribution < 1.29 is 54.5 Å². The normalized spacial score (nSPS) is 22.2. The number of aliphatic hydroxyl groups excluding tert-OH is 2. The van der Waals surface area contributed by atoms with Crippen molar-refractivity contribution in [2.75, 3.05) is 13.2 Å². The maximum atomic E-state index is 11.9. The molecule has 0 bridgehead atoms. The van der Waals surface area contributed by atoms with Crippen molar-refractivity contribution in [3.05, 3.63) is 0 Å². The molecular weight excluding hydrogens is 287 g/mol. The van der Waals surface area contributed by atoms with Gasteiger partial charge in [-0.2, -0.15) is 0 Å². The molecule has 1 heterocycles. The van der Waals surface area contributed by atoms with E-state index >= 15 is 0 Å². The van der Waals surface area contributed by atoms with E-state index in [1.54, 1.807) is 6.92 Å². The summed E-state index contributed by atoms with van der Waals surface area (Å²) in [5.74, 6) is -1.20. The molecule has 2 amide bonds. The van der Waals surface area contributed by atoms with Crippen LogP contribution in [0.4, 0.5) is 0 Å². The first-order valence-corrected chi connectivity index (χ1v) is 6.73. The Morgan fingerprint density at radius 2 is 1.81 bits per heavy atom. The number of hydrogen-bond acceptors (Lipinski definition) is 5. The number of aliphatic imine (C=N–C) groups is 1. The monoisotopic (exact) mass is 310 g/mol. The van der Waals surface area contributed by atoms with E-state index < -0.39 is 23.3 Å². The molecule has 8 heteroatoms. The van der Waals surface area contributed by atoms with Crippen molar-refractivity contribution in [3.8, 4) is 0 Å².